The molecule has 188 valence electrons. The number of anilines is 2. The van der Waals surface area contributed by atoms with Gasteiger partial charge in [0.1, 0.15) is 5.69 Å². The number of amides is 2. The van der Waals surface area contributed by atoms with E-state index < -0.39 is 17.6 Å². The van der Waals surface area contributed by atoms with Crippen molar-refractivity contribution in [3.8, 4) is 23.0 Å². The number of nitrogens with two attached hydrogens (primary N) is 1. The zero-order chi connectivity index (χ0) is 26.6. The lowest BCUT2D eigenvalue weighted by atomic mass is 9.97. The largest absolute Gasteiger partial charge is 0.325 e. The summed E-state index contributed by atoms with van der Waals surface area (Å²) in [6.07, 6.45) is 0. The molecule has 1 aliphatic rings. The lowest BCUT2D eigenvalue weighted by Gasteiger charge is -2.20. The number of hydrogen-bond donors (Lipinski definition) is 3. The van der Waals surface area contributed by atoms with Crippen molar-refractivity contribution in [1.29, 1.82) is 5.26 Å². The Morgan fingerprint density at radius 1 is 1.00 bits per heavy atom. The van der Waals surface area contributed by atoms with Crippen molar-refractivity contribution in [1.82, 2.24) is 9.78 Å². The Morgan fingerprint density at radius 3 is 2.39 bits per heavy atom. The van der Waals surface area contributed by atoms with E-state index in [0.29, 0.717) is 34.1 Å². The second-order valence-corrected chi connectivity index (χ2v) is 9.47. The average molecular weight is 523 g/mol. The number of aromatic nitrogens is 2. The van der Waals surface area contributed by atoms with Gasteiger partial charge in [-0.15, -0.1) is 11.8 Å². The fourth-order valence-corrected chi connectivity index (χ4v) is 5.26. The zero-order valence-corrected chi connectivity index (χ0v) is 20.9. The summed E-state index contributed by atoms with van der Waals surface area (Å²) in [6, 6.07) is 25.3. The van der Waals surface area contributed by atoms with Gasteiger partial charge in [0, 0.05) is 33.2 Å². The lowest BCUT2D eigenvalue weighted by molar-refractivity contribution is -0.117. The minimum absolute atomic E-state index is 0.0631. The van der Waals surface area contributed by atoms with E-state index >= 15 is 0 Å². The highest BCUT2D eigenvalue weighted by Crippen LogP contribution is 2.45. The SMILES string of the molecule is N#CC(C(=O)Nc1ccccc1)C(=O)c1nn(-c2ccccc2)c2c1CSc1ccc(NC(=O)CN)cc1-2. The maximum atomic E-state index is 13.6. The van der Waals surface area contributed by atoms with E-state index in [1.54, 1.807) is 41.1 Å². The zero-order valence-electron chi connectivity index (χ0n) is 20.0. The van der Waals surface area contributed by atoms with Crippen LogP contribution in [0, 0.1) is 17.2 Å². The van der Waals surface area contributed by atoms with E-state index in [2.05, 4.69) is 15.7 Å². The molecule has 0 radical (unpaired) electrons. The van der Waals surface area contributed by atoms with Crippen molar-refractivity contribution >= 4 is 40.7 Å². The summed E-state index contributed by atoms with van der Waals surface area (Å²) in [4.78, 5) is 39.4. The standard InChI is InChI=1S/C28H22N6O3S/c29-14-21(28(37)32-17-7-3-1-4-8-17)27(36)25-22-16-38-23-12-11-18(31-24(35)15-30)13-20(23)26(22)34(33-25)19-9-5-2-6-10-19/h1-13,21H,15-16,30H2,(H,31,35)(H,32,37). The Kier molecular flexibility index (Phi) is 7.04. The van der Waals surface area contributed by atoms with Crippen molar-refractivity contribution < 1.29 is 14.4 Å². The fraction of sp³-hybridized carbons (Fsp3) is 0.107. The number of nitrogens with zero attached hydrogens (tertiary/aromatic N) is 3. The molecule has 38 heavy (non-hydrogen) atoms. The van der Waals surface area contributed by atoms with Crippen LogP contribution in [0.15, 0.2) is 83.8 Å². The third-order valence-corrected chi connectivity index (χ3v) is 7.09. The molecule has 5 rings (SSSR count). The number of nitrogens with one attached hydrogen (secondary N) is 2. The first-order chi connectivity index (χ1) is 18.5. The summed E-state index contributed by atoms with van der Waals surface area (Å²) in [5, 5.41) is 19.9. The molecule has 1 atom stereocenters. The van der Waals surface area contributed by atoms with Crippen molar-refractivity contribution in [3.63, 3.8) is 0 Å². The van der Waals surface area contributed by atoms with Gasteiger partial charge in [-0.1, -0.05) is 36.4 Å². The average Bonchev–Trinajstić information content (AvgIpc) is 3.34. The summed E-state index contributed by atoms with van der Waals surface area (Å²) >= 11 is 1.51. The van der Waals surface area contributed by atoms with Gasteiger partial charge in [0.15, 0.2) is 5.92 Å². The summed E-state index contributed by atoms with van der Waals surface area (Å²) in [7, 11) is 0. The van der Waals surface area contributed by atoms with E-state index in [1.165, 1.54) is 11.8 Å². The van der Waals surface area contributed by atoms with Crippen LogP contribution in [0.3, 0.4) is 0 Å². The molecule has 1 aromatic heterocycles. The maximum absolute atomic E-state index is 13.6. The van der Waals surface area contributed by atoms with Crippen molar-refractivity contribution in [3.05, 3.63) is 90.1 Å². The van der Waals surface area contributed by atoms with Gasteiger partial charge < -0.3 is 16.4 Å². The molecule has 0 spiro atoms. The minimum atomic E-state index is -1.58. The molecule has 0 saturated heterocycles. The van der Waals surface area contributed by atoms with Crippen molar-refractivity contribution in [2.24, 2.45) is 11.7 Å². The maximum Gasteiger partial charge on any atom is 0.249 e. The van der Waals surface area contributed by atoms with Crippen LogP contribution in [0.4, 0.5) is 11.4 Å². The molecule has 1 unspecified atom stereocenters. The van der Waals surface area contributed by atoms with Gasteiger partial charge in [-0.05, 0) is 42.5 Å². The quantitative estimate of drug-likeness (QED) is 0.246. The van der Waals surface area contributed by atoms with Crippen LogP contribution in [0.25, 0.3) is 16.9 Å². The van der Waals surface area contributed by atoms with Crippen molar-refractivity contribution in [2.45, 2.75) is 10.6 Å². The highest BCUT2D eigenvalue weighted by molar-refractivity contribution is 7.98. The number of Topliss-reactive ketones (excluding diaryl/α,β-unsaturated/α-hetero) is 1. The van der Waals surface area contributed by atoms with E-state index in [0.717, 1.165) is 10.5 Å². The molecular weight excluding hydrogens is 500 g/mol. The topological polar surface area (TPSA) is 143 Å². The first kappa shape index (κ1) is 25.0. The Balaban J connectivity index is 1.60. The number of carbonyl (C=O) groups is 3. The molecule has 0 fully saturated rings. The number of para-hydroxylation sites is 2. The summed E-state index contributed by atoms with van der Waals surface area (Å²) in [5.74, 6) is -2.89. The number of hydrogen-bond acceptors (Lipinski definition) is 7. The number of thioether (sulfide) groups is 1. The Labute approximate surface area is 222 Å². The number of nitriles is 1. The second kappa shape index (κ2) is 10.7. The van der Waals surface area contributed by atoms with Gasteiger partial charge in [-0.25, -0.2) is 4.68 Å². The molecule has 0 bridgehead atoms. The van der Waals surface area contributed by atoms with Crippen molar-refractivity contribution in [2.75, 3.05) is 17.2 Å². The number of rotatable bonds is 7. The fourth-order valence-electron chi connectivity index (χ4n) is 4.21. The van der Waals surface area contributed by atoms with Gasteiger partial charge in [-0.2, -0.15) is 10.4 Å². The monoisotopic (exact) mass is 522 g/mol. The molecule has 0 aliphatic carbocycles. The lowest BCUT2D eigenvalue weighted by Crippen LogP contribution is -2.29. The van der Waals surface area contributed by atoms with E-state index in [4.69, 9.17) is 5.73 Å². The number of fused-ring (bicyclic) bond motifs is 3. The predicted octanol–water partition coefficient (Wildman–Crippen LogP) is 4.00. The number of carbonyl (C=O) groups excluding carboxylic acids is 3. The normalized spacial score (nSPS) is 12.4. The third-order valence-electron chi connectivity index (χ3n) is 5.99. The molecule has 3 aromatic carbocycles. The third kappa shape index (κ3) is 4.80. The second-order valence-electron chi connectivity index (χ2n) is 8.46. The molecule has 9 nitrogen and oxygen atoms in total. The molecule has 4 N–H and O–H groups in total. The highest BCUT2D eigenvalue weighted by atomic mass is 32.2. The Morgan fingerprint density at radius 2 is 1.71 bits per heavy atom. The van der Waals surface area contributed by atoms with Crippen LogP contribution >= 0.6 is 11.8 Å². The summed E-state index contributed by atoms with van der Waals surface area (Å²) in [5.41, 5.74) is 9.32. The first-order valence-electron chi connectivity index (χ1n) is 11.7. The van der Waals surface area contributed by atoms with Crippen LogP contribution in [0.2, 0.25) is 0 Å². The summed E-state index contributed by atoms with van der Waals surface area (Å²) < 4.78 is 1.65. The predicted molar refractivity (Wildman–Crippen MR) is 145 cm³/mol. The van der Waals surface area contributed by atoms with Crippen LogP contribution in [-0.4, -0.2) is 33.9 Å². The van der Waals surface area contributed by atoms with E-state index in [1.807, 2.05) is 48.5 Å². The summed E-state index contributed by atoms with van der Waals surface area (Å²) in [6.45, 7) is -0.154. The molecule has 2 amide bonds. The van der Waals surface area contributed by atoms with Gasteiger partial charge in [0.05, 0.1) is 24.0 Å². The molecule has 4 aromatic rings. The Bertz CT molecular complexity index is 1580. The number of benzene rings is 3. The Hall–Kier alpha value is -4.72. The molecule has 10 heteroatoms. The van der Waals surface area contributed by atoms with E-state index in [9.17, 15) is 19.6 Å². The van der Waals surface area contributed by atoms with Crippen LogP contribution < -0.4 is 16.4 Å². The molecule has 1 aliphatic heterocycles. The van der Waals surface area contributed by atoms with Crippen LogP contribution in [0.1, 0.15) is 16.1 Å². The van der Waals surface area contributed by atoms with Gasteiger partial charge in [0.2, 0.25) is 17.6 Å². The van der Waals surface area contributed by atoms with Crippen LogP contribution in [-0.2, 0) is 15.3 Å². The van der Waals surface area contributed by atoms with Gasteiger partial charge >= 0.3 is 0 Å². The number of ketones is 1. The van der Waals surface area contributed by atoms with Gasteiger partial charge in [-0.3, -0.25) is 14.4 Å². The highest BCUT2D eigenvalue weighted by Gasteiger charge is 2.35. The first-order valence-corrected chi connectivity index (χ1v) is 12.7. The minimum Gasteiger partial charge on any atom is -0.325 e. The van der Waals surface area contributed by atoms with Crippen LogP contribution in [0.5, 0.6) is 0 Å². The molecule has 2 heterocycles. The molecular formula is C28H22N6O3S. The van der Waals surface area contributed by atoms with Gasteiger partial charge in [0.25, 0.3) is 0 Å². The molecule has 0 saturated carbocycles. The smallest absolute Gasteiger partial charge is 0.249 e. The van der Waals surface area contributed by atoms with E-state index in [-0.39, 0.29) is 18.1 Å².